The molecular weight excluding hydrogens is 309 g/mol. The zero-order valence-electron chi connectivity index (χ0n) is 11.1. The van der Waals surface area contributed by atoms with E-state index in [9.17, 15) is 22.8 Å². The molecule has 1 aliphatic rings. The van der Waals surface area contributed by atoms with Gasteiger partial charge in [0.05, 0.1) is 0 Å². The van der Waals surface area contributed by atoms with Crippen molar-refractivity contribution in [3.63, 3.8) is 0 Å². The normalized spacial score (nSPS) is 16.9. The molecule has 0 aliphatic carbocycles. The lowest BCUT2D eigenvalue weighted by Gasteiger charge is -2.30. The Hall–Kier alpha value is -1.71. The molecule has 10 heteroatoms. The van der Waals surface area contributed by atoms with Gasteiger partial charge in [-0.25, -0.2) is 0 Å². The first-order chi connectivity index (χ1) is 9.77. The Bertz CT molecular complexity index is 538. The number of anilines is 1. The van der Waals surface area contributed by atoms with Crippen molar-refractivity contribution in [3.05, 3.63) is 5.01 Å². The van der Waals surface area contributed by atoms with Gasteiger partial charge in [0, 0.05) is 25.9 Å². The Morgan fingerprint density at radius 2 is 1.90 bits per heavy atom. The molecule has 0 bridgehead atoms. The molecule has 0 aromatic carbocycles. The highest BCUT2D eigenvalue weighted by Crippen LogP contribution is 2.33. The molecule has 1 aromatic rings. The van der Waals surface area contributed by atoms with Crippen molar-refractivity contribution in [1.82, 2.24) is 15.1 Å². The molecule has 2 heterocycles. The molecule has 2 rings (SSSR count). The van der Waals surface area contributed by atoms with Crippen LogP contribution >= 0.6 is 11.3 Å². The second-order valence-corrected chi connectivity index (χ2v) is 5.66. The van der Waals surface area contributed by atoms with E-state index >= 15 is 0 Å². The Morgan fingerprint density at radius 1 is 1.29 bits per heavy atom. The molecule has 0 saturated carbocycles. The number of amides is 2. The second kappa shape index (κ2) is 5.96. The topological polar surface area (TPSA) is 75.2 Å². The van der Waals surface area contributed by atoms with Crippen molar-refractivity contribution in [3.8, 4) is 0 Å². The van der Waals surface area contributed by atoms with Gasteiger partial charge in [-0.05, 0) is 12.8 Å². The Kier molecular flexibility index (Phi) is 4.45. The van der Waals surface area contributed by atoms with Crippen molar-refractivity contribution in [2.45, 2.75) is 25.9 Å². The summed E-state index contributed by atoms with van der Waals surface area (Å²) in [5, 5.41) is 7.40. The van der Waals surface area contributed by atoms with Crippen molar-refractivity contribution < 1.29 is 22.8 Å². The predicted molar refractivity (Wildman–Crippen MR) is 68.5 cm³/mol. The number of hydrogen-bond donors (Lipinski definition) is 1. The fourth-order valence-electron chi connectivity index (χ4n) is 2.05. The number of halogens is 3. The van der Waals surface area contributed by atoms with E-state index in [1.54, 1.807) is 4.90 Å². The summed E-state index contributed by atoms with van der Waals surface area (Å²) in [6.07, 6.45) is -3.60. The number of hydrogen-bond acceptors (Lipinski definition) is 5. The van der Waals surface area contributed by atoms with Gasteiger partial charge < -0.3 is 10.2 Å². The largest absolute Gasteiger partial charge is 0.445 e. The fraction of sp³-hybridized carbons (Fsp3) is 0.636. The molecule has 0 atom stereocenters. The molecule has 6 nitrogen and oxygen atoms in total. The molecule has 21 heavy (non-hydrogen) atoms. The van der Waals surface area contributed by atoms with Crippen LogP contribution in [0.25, 0.3) is 0 Å². The van der Waals surface area contributed by atoms with E-state index < -0.39 is 11.2 Å². The number of carbonyl (C=O) groups is 2. The number of aromatic nitrogens is 2. The van der Waals surface area contributed by atoms with Crippen LogP contribution in [-0.2, 0) is 15.8 Å². The maximum atomic E-state index is 12.4. The number of piperidine rings is 1. The van der Waals surface area contributed by atoms with Crippen LogP contribution in [0.2, 0.25) is 0 Å². The molecule has 0 unspecified atom stereocenters. The number of nitrogens with one attached hydrogen (secondary N) is 1. The summed E-state index contributed by atoms with van der Waals surface area (Å²) >= 11 is 0.294. The minimum absolute atomic E-state index is 0.0483. The van der Waals surface area contributed by atoms with Crippen molar-refractivity contribution in [1.29, 1.82) is 0 Å². The summed E-state index contributed by atoms with van der Waals surface area (Å²) < 4.78 is 37.1. The third-order valence-electron chi connectivity index (χ3n) is 3.21. The SMILES string of the molecule is CC(=O)N1CCC(C(=O)Nc2nnc(C(F)(F)F)s2)CC1. The molecular formula is C11H13F3N4O2S. The summed E-state index contributed by atoms with van der Waals surface area (Å²) in [4.78, 5) is 24.7. The zero-order chi connectivity index (χ0) is 15.6. The first-order valence-electron chi connectivity index (χ1n) is 6.24. The van der Waals surface area contributed by atoms with Crippen LogP contribution in [0.15, 0.2) is 0 Å². The number of nitrogens with zero attached hydrogens (tertiary/aromatic N) is 3. The van der Waals surface area contributed by atoms with Gasteiger partial charge in [-0.2, -0.15) is 13.2 Å². The van der Waals surface area contributed by atoms with E-state index in [0.29, 0.717) is 37.3 Å². The van der Waals surface area contributed by atoms with E-state index in [0.717, 1.165) is 0 Å². The first kappa shape index (κ1) is 15.7. The van der Waals surface area contributed by atoms with Gasteiger partial charge in [0.1, 0.15) is 0 Å². The summed E-state index contributed by atoms with van der Waals surface area (Å²) in [5.74, 6) is -0.769. The van der Waals surface area contributed by atoms with Gasteiger partial charge in [0.15, 0.2) is 0 Å². The standard InChI is InChI=1S/C11H13F3N4O2S/c1-6(19)18-4-2-7(3-5-18)8(20)15-10-17-16-9(21-10)11(12,13)14/h7H,2-5H2,1H3,(H,15,17,20). The monoisotopic (exact) mass is 322 g/mol. The Labute approximate surface area is 122 Å². The molecule has 1 aliphatic heterocycles. The van der Waals surface area contributed by atoms with Crippen LogP contribution in [0.5, 0.6) is 0 Å². The molecule has 1 N–H and O–H groups in total. The lowest BCUT2D eigenvalue weighted by atomic mass is 9.96. The highest BCUT2D eigenvalue weighted by atomic mass is 32.1. The fourth-order valence-corrected chi connectivity index (χ4v) is 2.67. The highest BCUT2D eigenvalue weighted by molar-refractivity contribution is 7.15. The average Bonchev–Trinajstić information content (AvgIpc) is 2.87. The number of likely N-dealkylation sites (tertiary alicyclic amines) is 1. The zero-order valence-corrected chi connectivity index (χ0v) is 11.9. The summed E-state index contributed by atoms with van der Waals surface area (Å²) in [6.45, 7) is 2.40. The third-order valence-corrected chi connectivity index (χ3v) is 4.09. The molecule has 0 radical (unpaired) electrons. The molecule has 1 fully saturated rings. The maximum absolute atomic E-state index is 12.4. The minimum atomic E-state index is -4.56. The summed E-state index contributed by atoms with van der Waals surface area (Å²) in [6, 6.07) is 0. The van der Waals surface area contributed by atoms with Crippen LogP contribution < -0.4 is 5.32 Å². The van der Waals surface area contributed by atoms with Gasteiger partial charge in [-0.15, -0.1) is 10.2 Å². The molecule has 116 valence electrons. The van der Waals surface area contributed by atoms with E-state index in [1.165, 1.54) is 6.92 Å². The van der Waals surface area contributed by atoms with Crippen LogP contribution in [0, 0.1) is 5.92 Å². The summed E-state index contributed by atoms with van der Waals surface area (Å²) in [7, 11) is 0. The molecule has 0 spiro atoms. The minimum Gasteiger partial charge on any atom is -0.343 e. The number of alkyl halides is 3. The van der Waals surface area contributed by atoms with Crippen molar-refractivity contribution >= 4 is 28.3 Å². The average molecular weight is 322 g/mol. The summed E-state index contributed by atoms with van der Waals surface area (Å²) in [5.41, 5.74) is 0. The lowest BCUT2D eigenvalue weighted by molar-refractivity contribution is -0.138. The van der Waals surface area contributed by atoms with Crippen LogP contribution in [0.1, 0.15) is 24.8 Å². The van der Waals surface area contributed by atoms with Crippen LogP contribution in [-0.4, -0.2) is 40.0 Å². The van der Waals surface area contributed by atoms with E-state index in [1.807, 2.05) is 0 Å². The predicted octanol–water partition coefficient (Wildman–Crippen LogP) is 1.75. The third kappa shape index (κ3) is 3.90. The van der Waals surface area contributed by atoms with Gasteiger partial charge in [-0.1, -0.05) is 11.3 Å². The van der Waals surface area contributed by atoms with Crippen LogP contribution in [0.4, 0.5) is 18.3 Å². The van der Waals surface area contributed by atoms with Gasteiger partial charge in [0.2, 0.25) is 22.0 Å². The van der Waals surface area contributed by atoms with E-state index in [2.05, 4.69) is 15.5 Å². The highest BCUT2D eigenvalue weighted by Gasteiger charge is 2.36. The Balaban J connectivity index is 1.91. The van der Waals surface area contributed by atoms with Gasteiger partial charge >= 0.3 is 6.18 Å². The van der Waals surface area contributed by atoms with E-state index in [4.69, 9.17) is 0 Å². The Morgan fingerprint density at radius 3 is 2.38 bits per heavy atom. The van der Waals surface area contributed by atoms with Gasteiger partial charge in [0.25, 0.3) is 0 Å². The smallest absolute Gasteiger partial charge is 0.343 e. The molecule has 2 amide bonds. The van der Waals surface area contributed by atoms with Crippen LogP contribution in [0.3, 0.4) is 0 Å². The maximum Gasteiger partial charge on any atom is 0.445 e. The number of rotatable bonds is 2. The number of carbonyl (C=O) groups excluding carboxylic acids is 2. The van der Waals surface area contributed by atoms with Crippen molar-refractivity contribution in [2.24, 2.45) is 5.92 Å². The first-order valence-corrected chi connectivity index (χ1v) is 7.06. The molecule has 1 aromatic heterocycles. The second-order valence-electron chi connectivity index (χ2n) is 4.68. The van der Waals surface area contributed by atoms with E-state index in [-0.39, 0.29) is 22.9 Å². The molecule has 1 saturated heterocycles. The quantitative estimate of drug-likeness (QED) is 0.900. The van der Waals surface area contributed by atoms with Crippen molar-refractivity contribution in [2.75, 3.05) is 18.4 Å². The van der Waals surface area contributed by atoms with Gasteiger partial charge in [-0.3, -0.25) is 9.59 Å². The lowest BCUT2D eigenvalue weighted by Crippen LogP contribution is -2.40.